The molecule has 134 valence electrons. The number of amides is 2. The third-order valence-corrected chi connectivity index (χ3v) is 4.04. The number of esters is 1. The number of rotatable bonds is 7. The molecule has 1 aliphatic heterocycles. The molecule has 1 heterocycles. The summed E-state index contributed by atoms with van der Waals surface area (Å²) in [6.45, 7) is 2.73. The summed E-state index contributed by atoms with van der Waals surface area (Å²) in [5, 5.41) is 0. The summed E-state index contributed by atoms with van der Waals surface area (Å²) < 4.78 is 10.5. The third kappa shape index (κ3) is 3.59. The van der Waals surface area contributed by atoms with E-state index in [1.807, 2.05) is 0 Å². The minimum Gasteiger partial charge on any atom is -0.494 e. The van der Waals surface area contributed by atoms with Crippen molar-refractivity contribution in [1.29, 1.82) is 0 Å². The van der Waals surface area contributed by atoms with Gasteiger partial charge in [0.2, 0.25) is 0 Å². The van der Waals surface area contributed by atoms with Gasteiger partial charge in [0, 0.05) is 6.54 Å². The van der Waals surface area contributed by atoms with Gasteiger partial charge in [0.15, 0.2) is 0 Å². The molecule has 1 aliphatic rings. The fourth-order valence-electron chi connectivity index (χ4n) is 2.76. The van der Waals surface area contributed by atoms with Gasteiger partial charge in [0.25, 0.3) is 11.8 Å². The number of carbonyl (C=O) groups excluding carboxylic acids is 3. The van der Waals surface area contributed by atoms with Crippen molar-refractivity contribution >= 4 is 17.8 Å². The predicted molar refractivity (Wildman–Crippen MR) is 94.3 cm³/mol. The molecule has 0 spiro atoms. The summed E-state index contributed by atoms with van der Waals surface area (Å²) in [5.41, 5.74) is 1.37. The van der Waals surface area contributed by atoms with Crippen LogP contribution in [0.2, 0.25) is 0 Å². The Morgan fingerprint density at radius 1 is 0.962 bits per heavy atom. The average Bonchev–Trinajstić information content (AvgIpc) is 2.91. The van der Waals surface area contributed by atoms with Crippen molar-refractivity contribution in [3.63, 3.8) is 0 Å². The van der Waals surface area contributed by atoms with E-state index in [1.165, 1.54) is 4.90 Å². The molecule has 0 aliphatic carbocycles. The second kappa shape index (κ2) is 7.82. The maximum atomic E-state index is 12.2. The molecule has 0 fully saturated rings. The van der Waals surface area contributed by atoms with Crippen LogP contribution in [0.15, 0.2) is 48.5 Å². The summed E-state index contributed by atoms with van der Waals surface area (Å²) in [7, 11) is 0. The molecule has 0 saturated carbocycles. The molecule has 0 bridgehead atoms. The standard InChI is InChI=1S/C20H19NO5/c1-2-25-20(24)14-8-10-15(11-9-14)26-13-5-12-21-18(22)16-6-3-4-7-17(16)19(21)23/h3-4,6-11H,2,5,12-13H2,1H3. The smallest absolute Gasteiger partial charge is 0.338 e. The van der Waals surface area contributed by atoms with Crippen molar-refractivity contribution < 1.29 is 23.9 Å². The lowest BCUT2D eigenvalue weighted by Crippen LogP contribution is -2.31. The number of carbonyl (C=O) groups is 3. The van der Waals surface area contributed by atoms with E-state index in [9.17, 15) is 14.4 Å². The lowest BCUT2D eigenvalue weighted by Gasteiger charge is -2.14. The Morgan fingerprint density at radius 2 is 1.58 bits per heavy atom. The van der Waals surface area contributed by atoms with Crippen molar-refractivity contribution in [3.05, 3.63) is 65.2 Å². The number of ether oxygens (including phenoxy) is 2. The highest BCUT2D eigenvalue weighted by molar-refractivity contribution is 6.21. The first-order chi connectivity index (χ1) is 12.6. The molecule has 0 saturated heterocycles. The van der Waals surface area contributed by atoms with Crippen molar-refractivity contribution in [2.75, 3.05) is 19.8 Å². The van der Waals surface area contributed by atoms with Crippen LogP contribution in [0.3, 0.4) is 0 Å². The second-order valence-electron chi connectivity index (χ2n) is 5.75. The number of imide groups is 1. The van der Waals surface area contributed by atoms with Crippen LogP contribution in [-0.2, 0) is 4.74 Å². The molecule has 0 atom stereocenters. The first-order valence-electron chi connectivity index (χ1n) is 8.47. The van der Waals surface area contributed by atoms with Crippen LogP contribution < -0.4 is 4.74 Å². The Balaban J connectivity index is 1.48. The zero-order chi connectivity index (χ0) is 18.5. The molecule has 3 rings (SSSR count). The molecule has 2 aromatic carbocycles. The van der Waals surface area contributed by atoms with Gasteiger partial charge in [-0.05, 0) is 49.7 Å². The molecule has 6 nitrogen and oxygen atoms in total. The maximum Gasteiger partial charge on any atom is 0.338 e. The number of nitrogens with zero attached hydrogens (tertiary/aromatic N) is 1. The number of hydrogen-bond donors (Lipinski definition) is 0. The van der Waals surface area contributed by atoms with Crippen LogP contribution in [-0.4, -0.2) is 42.4 Å². The van der Waals surface area contributed by atoms with Gasteiger partial charge in [0.1, 0.15) is 5.75 Å². The number of fused-ring (bicyclic) bond motifs is 1. The largest absolute Gasteiger partial charge is 0.494 e. The van der Waals surface area contributed by atoms with E-state index in [0.717, 1.165) is 0 Å². The van der Waals surface area contributed by atoms with Gasteiger partial charge in [-0.25, -0.2) is 4.79 Å². The first-order valence-corrected chi connectivity index (χ1v) is 8.47. The van der Waals surface area contributed by atoms with Crippen LogP contribution in [0, 0.1) is 0 Å². The summed E-state index contributed by atoms with van der Waals surface area (Å²) in [5.74, 6) is -0.279. The minimum absolute atomic E-state index is 0.260. The van der Waals surface area contributed by atoms with E-state index < -0.39 is 0 Å². The first kappa shape index (κ1) is 17.7. The molecule has 0 aromatic heterocycles. The molecular weight excluding hydrogens is 334 g/mol. The normalized spacial score (nSPS) is 12.9. The van der Waals surface area contributed by atoms with Gasteiger partial charge in [-0.3, -0.25) is 14.5 Å². The Morgan fingerprint density at radius 3 is 2.15 bits per heavy atom. The predicted octanol–water partition coefficient (Wildman–Crippen LogP) is 2.93. The van der Waals surface area contributed by atoms with Gasteiger partial charge in [0.05, 0.1) is 29.9 Å². The van der Waals surface area contributed by atoms with E-state index >= 15 is 0 Å². The van der Waals surface area contributed by atoms with Gasteiger partial charge in [-0.2, -0.15) is 0 Å². The van der Waals surface area contributed by atoms with Gasteiger partial charge >= 0.3 is 5.97 Å². The van der Waals surface area contributed by atoms with Crippen LogP contribution >= 0.6 is 0 Å². The van der Waals surface area contributed by atoms with Crippen LogP contribution in [0.4, 0.5) is 0 Å². The van der Waals surface area contributed by atoms with Crippen molar-refractivity contribution in [2.24, 2.45) is 0 Å². The lowest BCUT2D eigenvalue weighted by molar-refractivity contribution is 0.0525. The molecule has 0 unspecified atom stereocenters. The van der Waals surface area contributed by atoms with E-state index in [4.69, 9.17) is 9.47 Å². The summed E-state index contributed by atoms with van der Waals surface area (Å²) in [4.78, 5) is 37.3. The van der Waals surface area contributed by atoms with Gasteiger partial charge < -0.3 is 9.47 Å². The highest BCUT2D eigenvalue weighted by atomic mass is 16.5. The van der Waals surface area contributed by atoms with Crippen LogP contribution in [0.25, 0.3) is 0 Å². The lowest BCUT2D eigenvalue weighted by atomic mass is 10.1. The molecule has 26 heavy (non-hydrogen) atoms. The minimum atomic E-state index is -0.371. The van der Waals surface area contributed by atoms with Crippen LogP contribution in [0.1, 0.15) is 44.4 Å². The van der Waals surface area contributed by atoms with E-state index in [-0.39, 0.29) is 17.8 Å². The third-order valence-electron chi connectivity index (χ3n) is 4.04. The Hall–Kier alpha value is -3.15. The van der Waals surface area contributed by atoms with Crippen molar-refractivity contribution in [1.82, 2.24) is 4.90 Å². The highest BCUT2D eigenvalue weighted by Gasteiger charge is 2.34. The van der Waals surface area contributed by atoms with Crippen molar-refractivity contribution in [2.45, 2.75) is 13.3 Å². The Kier molecular flexibility index (Phi) is 5.31. The van der Waals surface area contributed by atoms with Gasteiger partial charge in [-0.1, -0.05) is 12.1 Å². The second-order valence-corrected chi connectivity index (χ2v) is 5.75. The maximum absolute atomic E-state index is 12.2. The van der Waals surface area contributed by atoms with Crippen LogP contribution in [0.5, 0.6) is 5.75 Å². The quantitative estimate of drug-likeness (QED) is 0.435. The fraction of sp³-hybridized carbons (Fsp3) is 0.250. The highest BCUT2D eigenvalue weighted by Crippen LogP contribution is 2.22. The molecule has 2 amide bonds. The molecule has 2 aromatic rings. The Bertz CT molecular complexity index is 793. The average molecular weight is 353 g/mol. The molecule has 0 N–H and O–H groups in total. The molecule has 0 radical (unpaired) electrons. The molecular formula is C20H19NO5. The Labute approximate surface area is 151 Å². The fourth-order valence-corrected chi connectivity index (χ4v) is 2.76. The van der Waals surface area contributed by atoms with E-state index in [2.05, 4.69) is 0 Å². The summed E-state index contributed by atoms with van der Waals surface area (Å²) in [6, 6.07) is 13.5. The van der Waals surface area contributed by atoms with E-state index in [1.54, 1.807) is 55.5 Å². The summed E-state index contributed by atoms with van der Waals surface area (Å²) in [6.07, 6.45) is 0.519. The topological polar surface area (TPSA) is 72.9 Å². The number of hydrogen-bond acceptors (Lipinski definition) is 5. The number of benzene rings is 2. The van der Waals surface area contributed by atoms with Crippen molar-refractivity contribution in [3.8, 4) is 5.75 Å². The summed E-state index contributed by atoms with van der Waals surface area (Å²) >= 11 is 0. The van der Waals surface area contributed by atoms with Gasteiger partial charge in [-0.15, -0.1) is 0 Å². The van der Waals surface area contributed by atoms with E-state index in [0.29, 0.717) is 48.6 Å². The SMILES string of the molecule is CCOC(=O)c1ccc(OCCCN2C(=O)c3ccccc3C2=O)cc1. The molecule has 6 heteroatoms. The zero-order valence-corrected chi connectivity index (χ0v) is 14.4. The zero-order valence-electron chi connectivity index (χ0n) is 14.4. The monoisotopic (exact) mass is 353 g/mol.